The molecule has 0 unspecified atom stereocenters. The monoisotopic (exact) mass is 360 g/mol. The Labute approximate surface area is 155 Å². The van der Waals surface area contributed by atoms with Crippen LogP contribution in [0.1, 0.15) is 0 Å². The quantitative estimate of drug-likeness (QED) is 0.657. The number of ether oxygens (including phenoxy) is 4. The van der Waals surface area contributed by atoms with Gasteiger partial charge in [-0.15, -0.1) is 0 Å². The lowest BCUT2D eigenvalue weighted by atomic mass is 9.99. The molecule has 2 aromatic rings. The van der Waals surface area contributed by atoms with Crippen molar-refractivity contribution in [3.05, 3.63) is 36.4 Å². The second-order valence-corrected chi connectivity index (χ2v) is 5.79. The fourth-order valence-electron chi connectivity index (χ4n) is 2.90. The standard InChI is InChI=1S/C20H28N2O4/c1-23-12-10-22(11-13-24-2)17-9-8-15(21)14-16(17)20-18(25-3)6-5-7-19(20)26-4/h5-9,14H,10-13,21H2,1-4H3. The van der Waals surface area contributed by atoms with E-state index in [-0.39, 0.29) is 0 Å². The van der Waals surface area contributed by atoms with Gasteiger partial charge in [0.05, 0.1) is 33.0 Å². The van der Waals surface area contributed by atoms with E-state index in [0.717, 1.165) is 41.4 Å². The highest BCUT2D eigenvalue weighted by atomic mass is 16.5. The molecule has 0 heterocycles. The molecule has 0 spiro atoms. The van der Waals surface area contributed by atoms with Crippen molar-refractivity contribution in [3.63, 3.8) is 0 Å². The lowest BCUT2D eigenvalue weighted by Gasteiger charge is -2.28. The molecule has 0 bridgehead atoms. The van der Waals surface area contributed by atoms with Crippen molar-refractivity contribution in [1.82, 2.24) is 0 Å². The summed E-state index contributed by atoms with van der Waals surface area (Å²) < 4.78 is 21.7. The van der Waals surface area contributed by atoms with Gasteiger partial charge in [0.2, 0.25) is 0 Å². The second-order valence-electron chi connectivity index (χ2n) is 5.79. The highest BCUT2D eigenvalue weighted by molar-refractivity contribution is 5.88. The van der Waals surface area contributed by atoms with Gasteiger partial charge in [0, 0.05) is 44.2 Å². The summed E-state index contributed by atoms with van der Waals surface area (Å²) in [6, 6.07) is 11.6. The van der Waals surface area contributed by atoms with Gasteiger partial charge < -0.3 is 29.6 Å². The zero-order chi connectivity index (χ0) is 18.9. The van der Waals surface area contributed by atoms with E-state index in [2.05, 4.69) is 4.90 Å². The maximum atomic E-state index is 6.10. The minimum atomic E-state index is 0.608. The van der Waals surface area contributed by atoms with E-state index in [1.165, 1.54) is 0 Å². The number of anilines is 2. The molecule has 6 heteroatoms. The van der Waals surface area contributed by atoms with Crippen LogP contribution in [0.5, 0.6) is 11.5 Å². The van der Waals surface area contributed by atoms with Gasteiger partial charge in [0.1, 0.15) is 11.5 Å². The van der Waals surface area contributed by atoms with E-state index < -0.39 is 0 Å². The van der Waals surface area contributed by atoms with Crippen LogP contribution in [0.4, 0.5) is 11.4 Å². The van der Waals surface area contributed by atoms with Gasteiger partial charge in [-0.1, -0.05) is 6.07 Å². The van der Waals surface area contributed by atoms with Gasteiger partial charge in [-0.3, -0.25) is 0 Å². The van der Waals surface area contributed by atoms with Gasteiger partial charge in [-0.2, -0.15) is 0 Å². The van der Waals surface area contributed by atoms with Crippen LogP contribution in [0, 0.1) is 0 Å². The van der Waals surface area contributed by atoms with Gasteiger partial charge in [-0.25, -0.2) is 0 Å². The van der Waals surface area contributed by atoms with E-state index in [4.69, 9.17) is 24.7 Å². The van der Waals surface area contributed by atoms with Crippen molar-refractivity contribution in [3.8, 4) is 22.6 Å². The lowest BCUT2D eigenvalue weighted by molar-refractivity contribution is 0.190. The third kappa shape index (κ3) is 4.59. The van der Waals surface area contributed by atoms with Gasteiger partial charge in [-0.05, 0) is 30.3 Å². The minimum absolute atomic E-state index is 0.608. The van der Waals surface area contributed by atoms with Crippen molar-refractivity contribution < 1.29 is 18.9 Å². The molecule has 26 heavy (non-hydrogen) atoms. The average molecular weight is 360 g/mol. The Bertz CT molecular complexity index is 676. The number of hydrogen-bond donors (Lipinski definition) is 1. The fourth-order valence-corrected chi connectivity index (χ4v) is 2.90. The van der Waals surface area contributed by atoms with Crippen LogP contribution in [0.25, 0.3) is 11.1 Å². The third-order valence-electron chi connectivity index (χ3n) is 4.19. The van der Waals surface area contributed by atoms with Gasteiger partial charge in [0.25, 0.3) is 0 Å². The van der Waals surface area contributed by atoms with E-state index in [0.29, 0.717) is 18.9 Å². The molecule has 0 aliphatic heterocycles. The molecule has 142 valence electrons. The van der Waals surface area contributed by atoms with Crippen molar-refractivity contribution >= 4 is 11.4 Å². The summed E-state index contributed by atoms with van der Waals surface area (Å²) in [5.74, 6) is 1.46. The van der Waals surface area contributed by atoms with Gasteiger partial charge >= 0.3 is 0 Å². The second kappa shape index (κ2) is 9.89. The summed E-state index contributed by atoms with van der Waals surface area (Å²) in [4.78, 5) is 2.22. The van der Waals surface area contributed by atoms with E-state index in [1.54, 1.807) is 28.4 Å². The number of nitrogen functional groups attached to an aromatic ring is 1. The topological polar surface area (TPSA) is 66.2 Å². The number of hydrogen-bond acceptors (Lipinski definition) is 6. The van der Waals surface area contributed by atoms with E-state index in [1.807, 2.05) is 36.4 Å². The Morgan fingerprint density at radius 2 is 1.42 bits per heavy atom. The molecule has 0 amide bonds. The summed E-state index contributed by atoms with van der Waals surface area (Å²) in [5, 5.41) is 0. The number of nitrogens with zero attached hydrogens (tertiary/aromatic N) is 1. The Kier molecular flexibility index (Phi) is 7.56. The average Bonchev–Trinajstić information content (AvgIpc) is 2.67. The Morgan fingerprint density at radius 1 is 0.846 bits per heavy atom. The Hall–Kier alpha value is -2.44. The predicted octanol–water partition coefficient (Wildman–Crippen LogP) is 3.05. The Balaban J connectivity index is 2.60. The van der Waals surface area contributed by atoms with E-state index >= 15 is 0 Å². The SMILES string of the molecule is COCCN(CCOC)c1ccc(N)cc1-c1c(OC)cccc1OC. The molecule has 6 nitrogen and oxygen atoms in total. The van der Waals surface area contributed by atoms with Crippen molar-refractivity contribution in [2.45, 2.75) is 0 Å². The maximum Gasteiger partial charge on any atom is 0.130 e. The van der Waals surface area contributed by atoms with Crippen LogP contribution in [0.3, 0.4) is 0 Å². The summed E-state index contributed by atoms with van der Waals surface area (Å²) >= 11 is 0. The largest absolute Gasteiger partial charge is 0.496 e. The molecule has 2 rings (SSSR count). The van der Waals surface area contributed by atoms with Gasteiger partial charge in [0.15, 0.2) is 0 Å². The highest BCUT2D eigenvalue weighted by Gasteiger charge is 2.19. The first-order valence-corrected chi connectivity index (χ1v) is 8.50. The lowest BCUT2D eigenvalue weighted by Crippen LogP contribution is -2.31. The van der Waals surface area contributed by atoms with Crippen LogP contribution in [-0.2, 0) is 9.47 Å². The molecular formula is C20H28N2O4. The smallest absolute Gasteiger partial charge is 0.130 e. The van der Waals surface area contributed by atoms with Crippen LogP contribution < -0.4 is 20.1 Å². The Morgan fingerprint density at radius 3 is 1.92 bits per heavy atom. The van der Waals surface area contributed by atoms with Crippen LogP contribution in [0.2, 0.25) is 0 Å². The molecular weight excluding hydrogens is 332 g/mol. The van der Waals surface area contributed by atoms with Crippen LogP contribution in [-0.4, -0.2) is 54.7 Å². The van der Waals surface area contributed by atoms with E-state index in [9.17, 15) is 0 Å². The first-order valence-electron chi connectivity index (χ1n) is 8.50. The molecule has 2 aromatic carbocycles. The number of methoxy groups -OCH3 is 4. The molecule has 0 aliphatic carbocycles. The molecule has 0 atom stereocenters. The third-order valence-corrected chi connectivity index (χ3v) is 4.19. The number of benzene rings is 2. The fraction of sp³-hybridized carbons (Fsp3) is 0.400. The molecule has 0 aliphatic rings. The number of nitrogens with two attached hydrogens (primary N) is 1. The highest BCUT2D eigenvalue weighted by Crippen LogP contribution is 2.43. The van der Waals surface area contributed by atoms with Crippen LogP contribution >= 0.6 is 0 Å². The maximum absolute atomic E-state index is 6.10. The number of rotatable bonds is 10. The van der Waals surface area contributed by atoms with Crippen molar-refractivity contribution in [1.29, 1.82) is 0 Å². The molecule has 2 N–H and O–H groups in total. The normalized spacial score (nSPS) is 10.6. The molecule has 0 saturated heterocycles. The molecule has 0 fully saturated rings. The molecule has 0 saturated carbocycles. The predicted molar refractivity (Wildman–Crippen MR) is 105 cm³/mol. The summed E-state index contributed by atoms with van der Waals surface area (Å²) in [5.41, 5.74) is 9.62. The zero-order valence-corrected chi connectivity index (χ0v) is 16.0. The zero-order valence-electron chi connectivity index (χ0n) is 16.0. The first-order chi connectivity index (χ1) is 12.7. The minimum Gasteiger partial charge on any atom is -0.496 e. The summed E-state index contributed by atoms with van der Waals surface area (Å²) in [7, 11) is 6.69. The molecule has 0 aromatic heterocycles. The first kappa shape index (κ1) is 19.9. The summed E-state index contributed by atoms with van der Waals surface area (Å²) in [6.07, 6.45) is 0. The van der Waals surface area contributed by atoms with Crippen molar-refractivity contribution in [2.75, 3.05) is 65.4 Å². The molecule has 0 radical (unpaired) electrons. The van der Waals surface area contributed by atoms with Crippen molar-refractivity contribution in [2.24, 2.45) is 0 Å². The summed E-state index contributed by atoms with van der Waals surface area (Å²) in [6.45, 7) is 2.68. The van der Waals surface area contributed by atoms with Crippen LogP contribution in [0.15, 0.2) is 36.4 Å².